The number of ether oxygens (including phenoxy) is 1. The molecule has 28 heavy (non-hydrogen) atoms. The lowest BCUT2D eigenvalue weighted by Crippen LogP contribution is -2.21. The van der Waals surface area contributed by atoms with E-state index in [4.69, 9.17) is 22.6 Å². The SMILES string of the molecule is N#CCOC(=O)c1ccc(C(C=C(N)C(F)(F)F)=Nc2ccccc2Cl)cc1. The summed E-state index contributed by atoms with van der Waals surface area (Å²) >= 11 is 6.03. The lowest BCUT2D eigenvalue weighted by atomic mass is 10.1. The van der Waals surface area contributed by atoms with E-state index in [0.717, 1.165) is 0 Å². The first-order valence-corrected chi connectivity index (χ1v) is 8.12. The van der Waals surface area contributed by atoms with Crippen molar-refractivity contribution in [1.82, 2.24) is 0 Å². The average molecular weight is 408 g/mol. The van der Waals surface area contributed by atoms with Crippen molar-refractivity contribution < 1.29 is 22.7 Å². The Labute approximate surface area is 163 Å². The third kappa shape index (κ3) is 5.59. The smallest absolute Gasteiger partial charge is 0.430 e. The van der Waals surface area contributed by atoms with Gasteiger partial charge in [0.25, 0.3) is 0 Å². The van der Waals surface area contributed by atoms with Gasteiger partial charge in [-0.1, -0.05) is 35.9 Å². The predicted molar refractivity (Wildman–Crippen MR) is 98.3 cm³/mol. The number of benzene rings is 2. The topological polar surface area (TPSA) is 88.5 Å². The van der Waals surface area contributed by atoms with Gasteiger partial charge in [0, 0.05) is 5.56 Å². The minimum absolute atomic E-state index is 0.0973. The summed E-state index contributed by atoms with van der Waals surface area (Å²) in [5, 5.41) is 8.67. The summed E-state index contributed by atoms with van der Waals surface area (Å²) in [7, 11) is 0. The average Bonchev–Trinajstić information content (AvgIpc) is 2.66. The van der Waals surface area contributed by atoms with E-state index in [1.807, 2.05) is 0 Å². The molecule has 2 aromatic rings. The van der Waals surface area contributed by atoms with Crippen LogP contribution < -0.4 is 5.73 Å². The molecule has 0 saturated heterocycles. The van der Waals surface area contributed by atoms with Crippen LogP contribution in [0.5, 0.6) is 0 Å². The van der Waals surface area contributed by atoms with Crippen LogP contribution >= 0.6 is 11.6 Å². The van der Waals surface area contributed by atoms with Gasteiger partial charge in [-0.05, 0) is 30.3 Å². The number of nitriles is 1. The largest absolute Gasteiger partial charge is 0.447 e. The standard InChI is InChI=1S/C19H13ClF3N3O2/c20-14-3-1-2-4-15(14)26-16(11-17(25)19(21,22)23)12-5-7-13(8-6-12)18(27)28-10-9-24/h1-8,11H,10,25H2. The zero-order valence-corrected chi connectivity index (χ0v) is 15.0. The number of hydrogen-bond donors (Lipinski definition) is 1. The molecule has 0 bridgehead atoms. The number of carbonyl (C=O) groups is 1. The van der Waals surface area contributed by atoms with Crippen LogP contribution in [0.4, 0.5) is 18.9 Å². The Morgan fingerprint density at radius 2 is 1.79 bits per heavy atom. The molecule has 0 aliphatic carbocycles. The van der Waals surface area contributed by atoms with Crippen LogP contribution in [0.2, 0.25) is 5.02 Å². The molecule has 0 atom stereocenters. The summed E-state index contributed by atoms with van der Waals surface area (Å²) in [6, 6.07) is 13.5. The van der Waals surface area contributed by atoms with E-state index in [1.165, 1.54) is 30.3 Å². The second-order valence-electron chi connectivity index (χ2n) is 5.36. The zero-order chi connectivity index (χ0) is 20.7. The first kappa shape index (κ1) is 21.0. The molecule has 0 aromatic heterocycles. The van der Waals surface area contributed by atoms with E-state index in [9.17, 15) is 18.0 Å². The molecule has 0 fully saturated rings. The Bertz CT molecular complexity index is 962. The highest BCUT2D eigenvalue weighted by molar-refractivity contribution is 6.33. The maximum Gasteiger partial charge on any atom is 0.430 e. The van der Waals surface area contributed by atoms with Gasteiger partial charge in [-0.25, -0.2) is 9.79 Å². The van der Waals surface area contributed by atoms with Crippen LogP contribution in [0.25, 0.3) is 0 Å². The summed E-state index contributed by atoms with van der Waals surface area (Å²) in [6.45, 7) is -0.412. The fourth-order valence-electron chi connectivity index (χ4n) is 2.04. The lowest BCUT2D eigenvalue weighted by Gasteiger charge is -2.09. The maximum atomic E-state index is 12.9. The van der Waals surface area contributed by atoms with Crippen molar-refractivity contribution in [1.29, 1.82) is 5.26 Å². The molecular weight excluding hydrogens is 395 g/mol. The molecule has 0 heterocycles. The van der Waals surface area contributed by atoms with Crippen LogP contribution in [0.1, 0.15) is 15.9 Å². The zero-order valence-electron chi connectivity index (χ0n) is 14.2. The lowest BCUT2D eigenvalue weighted by molar-refractivity contribution is -0.0925. The monoisotopic (exact) mass is 407 g/mol. The van der Waals surface area contributed by atoms with E-state index in [0.29, 0.717) is 6.08 Å². The molecule has 9 heteroatoms. The fraction of sp³-hybridized carbons (Fsp3) is 0.105. The molecule has 2 rings (SSSR count). The van der Waals surface area contributed by atoms with Crippen molar-refractivity contribution in [2.45, 2.75) is 6.18 Å². The van der Waals surface area contributed by atoms with E-state index < -0.39 is 24.4 Å². The van der Waals surface area contributed by atoms with Gasteiger partial charge in [-0.2, -0.15) is 18.4 Å². The highest BCUT2D eigenvalue weighted by Crippen LogP contribution is 2.27. The molecule has 0 unspecified atom stereocenters. The Hall–Kier alpha value is -3.31. The number of allylic oxidation sites excluding steroid dienone is 2. The molecule has 2 N–H and O–H groups in total. The molecular formula is C19H13ClF3N3O2. The third-order valence-electron chi connectivity index (χ3n) is 3.40. The quantitative estimate of drug-likeness (QED) is 0.582. The molecule has 0 amide bonds. The Morgan fingerprint density at radius 3 is 2.36 bits per heavy atom. The Morgan fingerprint density at radius 1 is 1.18 bits per heavy atom. The van der Waals surface area contributed by atoms with Gasteiger partial charge in [0.15, 0.2) is 6.61 Å². The highest BCUT2D eigenvalue weighted by Gasteiger charge is 2.31. The molecule has 5 nitrogen and oxygen atoms in total. The van der Waals surface area contributed by atoms with Crippen LogP contribution in [0.15, 0.2) is 65.3 Å². The van der Waals surface area contributed by atoms with Gasteiger partial charge >= 0.3 is 12.1 Å². The van der Waals surface area contributed by atoms with Crippen molar-refractivity contribution in [3.63, 3.8) is 0 Å². The van der Waals surface area contributed by atoms with Crippen LogP contribution in [0.3, 0.4) is 0 Å². The van der Waals surface area contributed by atoms with Gasteiger partial charge in [0.2, 0.25) is 0 Å². The van der Waals surface area contributed by atoms with Crippen molar-refractivity contribution >= 4 is 29.0 Å². The number of carbonyl (C=O) groups excluding carboxylic acids is 1. The molecule has 0 saturated carbocycles. The van der Waals surface area contributed by atoms with Crippen molar-refractivity contribution in [2.24, 2.45) is 10.7 Å². The second-order valence-corrected chi connectivity index (χ2v) is 5.76. The molecule has 2 aromatic carbocycles. The fourth-order valence-corrected chi connectivity index (χ4v) is 2.22. The third-order valence-corrected chi connectivity index (χ3v) is 3.72. The molecule has 0 radical (unpaired) electrons. The predicted octanol–water partition coefficient (Wildman–Crippen LogP) is 4.55. The van der Waals surface area contributed by atoms with E-state index in [-0.39, 0.29) is 27.5 Å². The van der Waals surface area contributed by atoms with Gasteiger partial charge in [-0.15, -0.1) is 0 Å². The number of rotatable bonds is 5. The molecule has 0 aliphatic rings. The number of hydrogen-bond acceptors (Lipinski definition) is 5. The number of aliphatic imine (C=N–C) groups is 1. The highest BCUT2D eigenvalue weighted by atomic mass is 35.5. The van der Waals surface area contributed by atoms with Gasteiger partial charge < -0.3 is 10.5 Å². The summed E-state index contributed by atoms with van der Waals surface area (Å²) in [5.41, 5.74) is 4.35. The van der Waals surface area contributed by atoms with Crippen molar-refractivity contribution in [3.05, 3.63) is 76.5 Å². The number of nitrogens with two attached hydrogens (primary N) is 1. The summed E-state index contributed by atoms with van der Waals surface area (Å²) in [6.07, 6.45) is -4.05. The van der Waals surface area contributed by atoms with E-state index >= 15 is 0 Å². The summed E-state index contributed by atoms with van der Waals surface area (Å²) in [4.78, 5) is 15.9. The maximum absolute atomic E-state index is 12.9. The van der Waals surface area contributed by atoms with Gasteiger partial charge in [0.1, 0.15) is 11.8 Å². The number of nitrogens with zero attached hydrogens (tertiary/aromatic N) is 2. The minimum atomic E-state index is -4.73. The van der Waals surface area contributed by atoms with Crippen LogP contribution in [-0.4, -0.2) is 24.5 Å². The number of esters is 1. The normalized spacial score (nSPS) is 12.4. The van der Waals surface area contributed by atoms with Crippen LogP contribution in [-0.2, 0) is 4.74 Å². The number of para-hydroxylation sites is 1. The second kappa shape index (κ2) is 9.06. The van der Waals surface area contributed by atoms with E-state index in [2.05, 4.69) is 9.73 Å². The first-order chi connectivity index (χ1) is 13.2. The summed E-state index contributed by atoms with van der Waals surface area (Å²) in [5.74, 6) is -0.733. The van der Waals surface area contributed by atoms with Crippen LogP contribution in [0, 0.1) is 11.3 Å². The van der Waals surface area contributed by atoms with Crippen molar-refractivity contribution in [3.8, 4) is 6.07 Å². The van der Waals surface area contributed by atoms with Gasteiger partial charge in [0.05, 0.1) is 22.0 Å². The molecule has 0 spiro atoms. The van der Waals surface area contributed by atoms with Crippen molar-refractivity contribution in [2.75, 3.05) is 6.61 Å². The number of halogens is 4. The minimum Gasteiger partial charge on any atom is -0.447 e. The Kier molecular flexibility index (Phi) is 6.79. The molecule has 144 valence electrons. The molecule has 0 aliphatic heterocycles. The summed E-state index contributed by atoms with van der Waals surface area (Å²) < 4.78 is 43.3. The Balaban J connectivity index is 2.47. The van der Waals surface area contributed by atoms with Gasteiger partial charge in [-0.3, -0.25) is 0 Å². The number of alkyl halides is 3. The van der Waals surface area contributed by atoms with E-state index in [1.54, 1.807) is 24.3 Å². The first-order valence-electron chi connectivity index (χ1n) is 7.74.